The highest BCUT2D eigenvalue weighted by Gasteiger charge is 2.26. The number of ether oxygens (including phenoxy) is 2. The average Bonchev–Trinajstić information content (AvgIpc) is 2.63. The summed E-state index contributed by atoms with van der Waals surface area (Å²) in [6, 6.07) is 8.82. The zero-order valence-electron chi connectivity index (χ0n) is 14.6. The Morgan fingerprint density at radius 1 is 1.21 bits per heavy atom. The summed E-state index contributed by atoms with van der Waals surface area (Å²) in [5.74, 6) is -0.00353. The van der Waals surface area contributed by atoms with Gasteiger partial charge in [0.2, 0.25) is 0 Å². The van der Waals surface area contributed by atoms with Gasteiger partial charge >= 0.3 is 5.97 Å². The van der Waals surface area contributed by atoms with E-state index in [4.69, 9.17) is 9.47 Å². The monoisotopic (exact) mass is 332 g/mol. The van der Waals surface area contributed by atoms with E-state index in [1.807, 2.05) is 6.92 Å². The van der Waals surface area contributed by atoms with Gasteiger partial charge in [0.05, 0.1) is 25.7 Å². The molecule has 2 aliphatic rings. The molecule has 1 atom stereocenters. The molecule has 132 valence electrons. The second-order valence-electron chi connectivity index (χ2n) is 6.59. The van der Waals surface area contributed by atoms with E-state index in [0.29, 0.717) is 6.61 Å². The minimum Gasteiger partial charge on any atom is -0.466 e. The first-order valence-corrected chi connectivity index (χ1v) is 9.07. The van der Waals surface area contributed by atoms with Gasteiger partial charge in [-0.3, -0.25) is 9.69 Å². The van der Waals surface area contributed by atoms with Gasteiger partial charge < -0.3 is 14.4 Å². The van der Waals surface area contributed by atoms with Crippen LogP contribution >= 0.6 is 0 Å². The van der Waals surface area contributed by atoms with E-state index < -0.39 is 0 Å². The van der Waals surface area contributed by atoms with Crippen molar-refractivity contribution in [2.45, 2.75) is 26.3 Å². The lowest BCUT2D eigenvalue weighted by atomic mass is 9.97. The van der Waals surface area contributed by atoms with Crippen molar-refractivity contribution in [3.05, 3.63) is 29.8 Å². The number of nitrogens with zero attached hydrogens (tertiary/aromatic N) is 2. The van der Waals surface area contributed by atoms with Gasteiger partial charge in [-0.25, -0.2) is 0 Å². The molecule has 0 bridgehead atoms. The highest BCUT2D eigenvalue weighted by atomic mass is 16.5. The Balaban J connectivity index is 1.54. The average molecular weight is 332 g/mol. The maximum absolute atomic E-state index is 12.0. The fraction of sp³-hybridized carbons (Fsp3) is 0.632. The third kappa shape index (κ3) is 4.48. The SMILES string of the molecule is CCOC(=O)[C@@H]1CCCN(Cc2ccc(N3CCOCC3)cc2)C1. The second kappa shape index (κ2) is 8.49. The molecule has 2 fully saturated rings. The van der Waals surface area contributed by atoms with Crippen molar-refractivity contribution < 1.29 is 14.3 Å². The molecule has 1 aromatic rings. The number of hydrogen-bond donors (Lipinski definition) is 0. The van der Waals surface area contributed by atoms with Crippen LogP contribution < -0.4 is 4.90 Å². The molecule has 0 radical (unpaired) electrons. The van der Waals surface area contributed by atoms with Crippen LogP contribution in [0.25, 0.3) is 0 Å². The molecule has 0 aliphatic carbocycles. The second-order valence-corrected chi connectivity index (χ2v) is 6.59. The Kier molecular flexibility index (Phi) is 6.10. The van der Waals surface area contributed by atoms with E-state index in [2.05, 4.69) is 34.1 Å². The van der Waals surface area contributed by atoms with Crippen molar-refractivity contribution in [2.24, 2.45) is 5.92 Å². The molecule has 0 aromatic heterocycles. The first-order chi connectivity index (χ1) is 11.8. The van der Waals surface area contributed by atoms with Gasteiger partial charge in [0.15, 0.2) is 0 Å². The zero-order valence-corrected chi connectivity index (χ0v) is 14.6. The standard InChI is InChI=1S/C19H28N2O3/c1-2-24-19(22)17-4-3-9-20(15-17)14-16-5-7-18(8-6-16)21-10-12-23-13-11-21/h5-8,17H,2-4,9-15H2,1H3/t17-/m1/s1. The van der Waals surface area contributed by atoms with E-state index in [-0.39, 0.29) is 11.9 Å². The predicted octanol–water partition coefficient (Wildman–Crippen LogP) is 2.30. The number of morpholine rings is 1. The molecule has 2 saturated heterocycles. The van der Waals surface area contributed by atoms with Crippen LogP contribution in [0.5, 0.6) is 0 Å². The summed E-state index contributed by atoms with van der Waals surface area (Å²) in [4.78, 5) is 16.7. The fourth-order valence-electron chi connectivity index (χ4n) is 3.54. The lowest BCUT2D eigenvalue weighted by molar-refractivity contribution is -0.150. The van der Waals surface area contributed by atoms with Crippen molar-refractivity contribution in [3.8, 4) is 0 Å². The van der Waals surface area contributed by atoms with Gasteiger partial charge in [-0.05, 0) is 44.0 Å². The number of esters is 1. The molecular formula is C19H28N2O3. The van der Waals surface area contributed by atoms with Gasteiger partial charge in [0.1, 0.15) is 0 Å². The third-order valence-electron chi connectivity index (χ3n) is 4.84. The molecule has 0 saturated carbocycles. The smallest absolute Gasteiger partial charge is 0.310 e. The van der Waals surface area contributed by atoms with Crippen molar-refractivity contribution in [3.63, 3.8) is 0 Å². The summed E-state index contributed by atoms with van der Waals surface area (Å²) >= 11 is 0. The van der Waals surface area contributed by atoms with Gasteiger partial charge in [0, 0.05) is 31.9 Å². The minimum atomic E-state index is -0.0372. The van der Waals surface area contributed by atoms with Crippen LogP contribution in [0.2, 0.25) is 0 Å². The molecule has 2 aliphatic heterocycles. The lowest BCUT2D eigenvalue weighted by Gasteiger charge is -2.32. The Bertz CT molecular complexity index is 526. The van der Waals surface area contributed by atoms with Crippen LogP contribution in [0.4, 0.5) is 5.69 Å². The molecule has 2 heterocycles. The van der Waals surface area contributed by atoms with Crippen molar-refractivity contribution >= 4 is 11.7 Å². The summed E-state index contributed by atoms with van der Waals surface area (Å²) in [5, 5.41) is 0. The first-order valence-electron chi connectivity index (χ1n) is 9.07. The van der Waals surface area contributed by atoms with E-state index in [1.54, 1.807) is 0 Å². The van der Waals surface area contributed by atoms with Crippen molar-refractivity contribution in [2.75, 3.05) is 50.9 Å². The number of likely N-dealkylation sites (tertiary alicyclic amines) is 1. The van der Waals surface area contributed by atoms with Gasteiger partial charge in [-0.2, -0.15) is 0 Å². The Morgan fingerprint density at radius 2 is 1.96 bits per heavy atom. The molecule has 0 unspecified atom stereocenters. The van der Waals surface area contributed by atoms with Crippen LogP contribution in [0.1, 0.15) is 25.3 Å². The number of rotatable bonds is 5. The highest BCUT2D eigenvalue weighted by molar-refractivity contribution is 5.72. The van der Waals surface area contributed by atoms with Gasteiger partial charge in [0.25, 0.3) is 0 Å². The van der Waals surface area contributed by atoms with E-state index in [0.717, 1.165) is 58.8 Å². The molecule has 0 N–H and O–H groups in total. The molecule has 1 aromatic carbocycles. The van der Waals surface area contributed by atoms with Crippen molar-refractivity contribution in [1.29, 1.82) is 0 Å². The van der Waals surface area contributed by atoms with Crippen LogP contribution in [0, 0.1) is 5.92 Å². The maximum Gasteiger partial charge on any atom is 0.310 e. The number of anilines is 1. The summed E-state index contributed by atoms with van der Waals surface area (Å²) in [6.07, 6.45) is 2.01. The molecule has 0 amide bonds. The van der Waals surface area contributed by atoms with Crippen LogP contribution in [-0.4, -0.2) is 56.9 Å². The largest absolute Gasteiger partial charge is 0.466 e. The highest BCUT2D eigenvalue weighted by Crippen LogP contribution is 2.21. The third-order valence-corrected chi connectivity index (χ3v) is 4.84. The summed E-state index contributed by atoms with van der Waals surface area (Å²) in [5.41, 5.74) is 2.57. The fourth-order valence-corrected chi connectivity index (χ4v) is 3.54. The lowest BCUT2D eigenvalue weighted by Crippen LogP contribution is -2.39. The maximum atomic E-state index is 12.0. The molecule has 5 heteroatoms. The van der Waals surface area contributed by atoms with Crippen LogP contribution in [-0.2, 0) is 20.8 Å². The zero-order chi connectivity index (χ0) is 16.8. The number of carbonyl (C=O) groups is 1. The summed E-state index contributed by atoms with van der Waals surface area (Å²) in [6.45, 7) is 8.66. The van der Waals surface area contributed by atoms with E-state index >= 15 is 0 Å². The van der Waals surface area contributed by atoms with Gasteiger partial charge in [-0.1, -0.05) is 12.1 Å². The first kappa shape index (κ1) is 17.2. The van der Waals surface area contributed by atoms with E-state index in [1.165, 1.54) is 11.3 Å². The number of hydrogen-bond acceptors (Lipinski definition) is 5. The topological polar surface area (TPSA) is 42.0 Å². The molecular weight excluding hydrogens is 304 g/mol. The molecule has 5 nitrogen and oxygen atoms in total. The van der Waals surface area contributed by atoms with Crippen molar-refractivity contribution in [1.82, 2.24) is 4.90 Å². The number of piperidine rings is 1. The van der Waals surface area contributed by atoms with Crippen LogP contribution in [0.15, 0.2) is 24.3 Å². The minimum absolute atomic E-state index is 0.0336. The molecule has 3 rings (SSSR count). The van der Waals surface area contributed by atoms with E-state index in [9.17, 15) is 4.79 Å². The normalized spacial score (nSPS) is 22.4. The quantitative estimate of drug-likeness (QED) is 0.774. The van der Waals surface area contributed by atoms with Gasteiger partial charge in [-0.15, -0.1) is 0 Å². The number of benzene rings is 1. The number of carbonyl (C=O) groups excluding carboxylic acids is 1. The molecule has 0 spiro atoms. The molecule has 24 heavy (non-hydrogen) atoms. The summed E-state index contributed by atoms with van der Waals surface area (Å²) < 4.78 is 10.6. The Labute approximate surface area is 144 Å². The van der Waals surface area contributed by atoms with Crippen LogP contribution in [0.3, 0.4) is 0 Å². The Hall–Kier alpha value is -1.59. The predicted molar refractivity (Wildman–Crippen MR) is 94.1 cm³/mol. The summed E-state index contributed by atoms with van der Waals surface area (Å²) in [7, 11) is 0. The Morgan fingerprint density at radius 3 is 2.67 bits per heavy atom.